The summed E-state index contributed by atoms with van der Waals surface area (Å²) in [7, 11) is 0.279. The van der Waals surface area contributed by atoms with Crippen LogP contribution < -0.4 is 4.72 Å². The van der Waals surface area contributed by atoms with Crippen molar-refractivity contribution < 1.29 is 8.42 Å². The molecule has 3 aromatic rings. The van der Waals surface area contributed by atoms with Crippen LogP contribution in [-0.4, -0.2) is 36.7 Å². The van der Waals surface area contributed by atoms with E-state index in [0.717, 1.165) is 42.0 Å². The number of aryl methyl sites for hydroxylation is 2. The number of aromatic nitrogens is 2. The van der Waals surface area contributed by atoms with Crippen molar-refractivity contribution in [1.29, 1.82) is 0 Å². The monoisotopic (exact) mass is 466 g/mol. The lowest BCUT2D eigenvalue weighted by Gasteiger charge is -2.15. The van der Waals surface area contributed by atoms with Crippen molar-refractivity contribution in [2.45, 2.75) is 51.5 Å². The maximum atomic E-state index is 13.2. The summed E-state index contributed by atoms with van der Waals surface area (Å²) in [5.41, 5.74) is 7.07. The van der Waals surface area contributed by atoms with E-state index in [2.05, 4.69) is 53.8 Å². The maximum Gasteiger partial charge on any atom is 0.262 e. The van der Waals surface area contributed by atoms with Gasteiger partial charge in [0.05, 0.1) is 22.0 Å². The van der Waals surface area contributed by atoms with Crippen LogP contribution in [-0.2, 0) is 36.5 Å². The van der Waals surface area contributed by atoms with Crippen molar-refractivity contribution in [2.24, 2.45) is 13.0 Å². The summed E-state index contributed by atoms with van der Waals surface area (Å²) < 4.78 is 30.8. The molecule has 2 aromatic carbocycles. The van der Waals surface area contributed by atoms with Crippen LogP contribution in [0.25, 0.3) is 11.1 Å². The Morgan fingerprint density at radius 3 is 2.42 bits per heavy atom. The minimum Gasteiger partial charge on any atom is -0.302 e. The van der Waals surface area contributed by atoms with Gasteiger partial charge in [-0.25, -0.2) is 8.42 Å². The molecule has 4 rings (SSSR count). The van der Waals surface area contributed by atoms with Gasteiger partial charge in [-0.05, 0) is 86.1 Å². The summed E-state index contributed by atoms with van der Waals surface area (Å²) in [4.78, 5) is 2.60. The third kappa shape index (κ3) is 5.14. The second-order valence-electron chi connectivity index (χ2n) is 9.58. The van der Waals surface area contributed by atoms with E-state index in [1.807, 2.05) is 26.1 Å². The Balaban J connectivity index is 1.59. The largest absolute Gasteiger partial charge is 0.302 e. The number of hydrogen-bond acceptors (Lipinski definition) is 4. The highest BCUT2D eigenvalue weighted by molar-refractivity contribution is 7.92. The molecule has 0 bridgehead atoms. The van der Waals surface area contributed by atoms with E-state index in [9.17, 15) is 8.42 Å². The van der Waals surface area contributed by atoms with Crippen LogP contribution in [0.3, 0.4) is 0 Å². The summed E-state index contributed by atoms with van der Waals surface area (Å²) in [5.74, 6) is 0.377. The van der Waals surface area contributed by atoms with E-state index in [1.165, 1.54) is 17.5 Å². The number of anilines is 1. The minimum atomic E-state index is -3.72. The fourth-order valence-electron chi connectivity index (χ4n) is 4.46. The average molecular weight is 467 g/mol. The Bertz CT molecular complexity index is 1240. The van der Waals surface area contributed by atoms with Gasteiger partial charge in [-0.15, -0.1) is 0 Å². The molecule has 1 aliphatic heterocycles. The maximum absolute atomic E-state index is 13.2. The lowest BCUT2D eigenvalue weighted by atomic mass is 9.97. The van der Waals surface area contributed by atoms with Crippen LogP contribution in [0.4, 0.5) is 5.69 Å². The Morgan fingerprint density at radius 1 is 1.03 bits per heavy atom. The van der Waals surface area contributed by atoms with Gasteiger partial charge < -0.3 is 4.90 Å². The van der Waals surface area contributed by atoms with E-state index in [4.69, 9.17) is 0 Å². The van der Waals surface area contributed by atoms with Gasteiger partial charge in [0, 0.05) is 13.6 Å². The second-order valence-corrected chi connectivity index (χ2v) is 11.3. The number of hydrogen-bond donors (Lipinski definition) is 1. The van der Waals surface area contributed by atoms with Gasteiger partial charge in [0.1, 0.15) is 0 Å². The molecule has 2 heterocycles. The van der Waals surface area contributed by atoms with Crippen molar-refractivity contribution in [3.05, 3.63) is 65.0 Å². The first-order valence-electron chi connectivity index (χ1n) is 11.6. The molecule has 33 heavy (non-hydrogen) atoms. The fraction of sp³-hybridized carbons (Fsp3) is 0.423. The molecule has 1 aliphatic rings. The van der Waals surface area contributed by atoms with E-state index < -0.39 is 10.0 Å². The summed E-state index contributed by atoms with van der Waals surface area (Å²) in [6.45, 7) is 8.14. The van der Waals surface area contributed by atoms with Crippen molar-refractivity contribution in [3.63, 3.8) is 0 Å². The molecule has 0 radical (unpaired) electrons. The summed E-state index contributed by atoms with van der Waals surface area (Å²) in [6.07, 6.45) is 3.00. The molecule has 0 amide bonds. The van der Waals surface area contributed by atoms with Gasteiger partial charge in [-0.2, -0.15) is 5.10 Å². The van der Waals surface area contributed by atoms with Crippen LogP contribution in [0.5, 0.6) is 0 Å². The Hall–Kier alpha value is -2.64. The zero-order valence-corrected chi connectivity index (χ0v) is 21.0. The molecule has 6 nitrogen and oxygen atoms in total. The van der Waals surface area contributed by atoms with Crippen LogP contribution >= 0.6 is 0 Å². The Morgan fingerprint density at radius 2 is 1.73 bits per heavy atom. The molecule has 0 aliphatic carbocycles. The molecule has 0 saturated carbocycles. The van der Waals surface area contributed by atoms with Crippen molar-refractivity contribution in [1.82, 2.24) is 14.7 Å². The first-order chi connectivity index (χ1) is 15.6. The van der Waals surface area contributed by atoms with E-state index in [1.54, 1.807) is 16.8 Å². The summed E-state index contributed by atoms with van der Waals surface area (Å²) in [6, 6.07) is 13.8. The number of rotatable bonds is 6. The van der Waals surface area contributed by atoms with Gasteiger partial charge in [0.25, 0.3) is 10.0 Å². The van der Waals surface area contributed by atoms with E-state index in [-0.39, 0.29) is 4.90 Å². The lowest BCUT2D eigenvalue weighted by Crippen LogP contribution is -2.17. The molecule has 0 saturated heterocycles. The Labute approximate surface area is 197 Å². The molecule has 176 valence electrons. The first kappa shape index (κ1) is 23.5. The van der Waals surface area contributed by atoms with Crippen molar-refractivity contribution >= 4 is 15.7 Å². The Kier molecular flexibility index (Phi) is 6.64. The molecular formula is C26H34N4O2S. The highest BCUT2D eigenvalue weighted by atomic mass is 32.2. The fourth-order valence-corrected chi connectivity index (χ4v) is 5.61. The molecule has 0 unspecified atom stereocenters. The van der Waals surface area contributed by atoms with Crippen LogP contribution in [0.2, 0.25) is 0 Å². The molecule has 0 atom stereocenters. The third-order valence-electron chi connectivity index (χ3n) is 6.37. The first-order valence-corrected chi connectivity index (χ1v) is 13.1. The van der Waals surface area contributed by atoms with Gasteiger partial charge in [0.2, 0.25) is 0 Å². The summed E-state index contributed by atoms with van der Waals surface area (Å²) in [5, 5.41) is 4.52. The SMILES string of the molecule is Cc1c(NS(=O)(=O)c2ccc(-c3ccc4c(c3)CN(C)CCC4)cc2)c(CC(C)C)nn1C. The average Bonchev–Trinajstić information content (AvgIpc) is 2.91. The number of fused-ring (bicyclic) bond motifs is 1. The highest BCUT2D eigenvalue weighted by Gasteiger charge is 2.21. The number of nitrogens with one attached hydrogen (secondary N) is 1. The van der Waals surface area contributed by atoms with Crippen molar-refractivity contribution in [2.75, 3.05) is 18.3 Å². The zero-order chi connectivity index (χ0) is 23.8. The van der Waals surface area contributed by atoms with E-state index >= 15 is 0 Å². The molecule has 0 spiro atoms. The normalized spacial score (nSPS) is 14.8. The van der Waals surface area contributed by atoms with Gasteiger partial charge in [0.15, 0.2) is 0 Å². The van der Waals surface area contributed by atoms with Crippen LogP contribution in [0.1, 0.15) is 42.8 Å². The van der Waals surface area contributed by atoms with Gasteiger partial charge in [-0.3, -0.25) is 9.40 Å². The van der Waals surface area contributed by atoms with E-state index in [0.29, 0.717) is 18.0 Å². The molecule has 1 aromatic heterocycles. The van der Waals surface area contributed by atoms with Crippen LogP contribution in [0, 0.1) is 12.8 Å². The molecule has 1 N–H and O–H groups in total. The quantitative estimate of drug-likeness (QED) is 0.568. The zero-order valence-electron chi connectivity index (χ0n) is 20.2. The standard InChI is InChI=1S/C26H34N4O2S/c1-18(2)15-25-26(19(3)30(5)27-25)28-33(31,32)24-12-10-21(11-13-24)22-9-8-20-7-6-14-29(4)17-23(20)16-22/h8-13,16,18,28H,6-7,14-15,17H2,1-5H3. The van der Waals surface area contributed by atoms with Crippen molar-refractivity contribution in [3.8, 4) is 11.1 Å². The number of sulfonamides is 1. The van der Waals surface area contributed by atoms with Crippen LogP contribution in [0.15, 0.2) is 47.4 Å². The second kappa shape index (κ2) is 9.31. The molecule has 7 heteroatoms. The lowest BCUT2D eigenvalue weighted by molar-refractivity contribution is 0.332. The predicted octanol–water partition coefficient (Wildman–Crippen LogP) is 4.77. The predicted molar refractivity (Wildman–Crippen MR) is 134 cm³/mol. The molecular weight excluding hydrogens is 432 g/mol. The smallest absolute Gasteiger partial charge is 0.262 e. The summed E-state index contributed by atoms with van der Waals surface area (Å²) >= 11 is 0. The number of benzene rings is 2. The highest BCUT2D eigenvalue weighted by Crippen LogP contribution is 2.29. The van der Waals surface area contributed by atoms with Gasteiger partial charge in [-0.1, -0.05) is 38.1 Å². The topological polar surface area (TPSA) is 67.2 Å². The third-order valence-corrected chi connectivity index (χ3v) is 7.74. The molecule has 0 fully saturated rings. The van der Waals surface area contributed by atoms with Gasteiger partial charge >= 0.3 is 0 Å². The number of nitrogens with zero attached hydrogens (tertiary/aromatic N) is 3. The minimum absolute atomic E-state index is 0.250.